The Labute approximate surface area is 176 Å². The summed E-state index contributed by atoms with van der Waals surface area (Å²) < 4.78 is 6.73. The predicted molar refractivity (Wildman–Crippen MR) is 115 cm³/mol. The number of rotatable bonds is 3. The number of hydrogen-bond acceptors (Lipinski definition) is 4. The van der Waals surface area contributed by atoms with Gasteiger partial charge in [-0.2, -0.15) is 0 Å². The smallest absolute Gasteiger partial charge is 0.363 e. The lowest BCUT2D eigenvalue weighted by Gasteiger charge is -2.02. The van der Waals surface area contributed by atoms with Crippen LogP contribution in [0, 0.1) is 0 Å². The Hall–Kier alpha value is -3.15. The zero-order valence-electron chi connectivity index (χ0n) is 15.2. The molecule has 0 saturated carbocycles. The van der Waals surface area contributed by atoms with Crippen molar-refractivity contribution in [2.24, 2.45) is 4.99 Å². The van der Waals surface area contributed by atoms with Gasteiger partial charge in [-0.05, 0) is 35.9 Å². The van der Waals surface area contributed by atoms with Gasteiger partial charge in [0, 0.05) is 18.4 Å². The van der Waals surface area contributed by atoms with Crippen LogP contribution in [0.5, 0.6) is 0 Å². The highest BCUT2D eigenvalue weighted by atomic mass is 35.5. The monoisotopic (exact) mass is 424 g/mol. The molecule has 3 aromatic rings. The van der Waals surface area contributed by atoms with Crippen LogP contribution >= 0.6 is 23.2 Å². The number of esters is 1. The van der Waals surface area contributed by atoms with Gasteiger partial charge in [0.2, 0.25) is 11.8 Å². The van der Waals surface area contributed by atoms with Crippen molar-refractivity contribution in [1.82, 2.24) is 4.57 Å². The van der Waals surface area contributed by atoms with E-state index < -0.39 is 5.97 Å². The summed E-state index contributed by atoms with van der Waals surface area (Å²) in [4.78, 5) is 28.6. The second-order valence-corrected chi connectivity index (χ2v) is 7.11. The van der Waals surface area contributed by atoms with E-state index in [1.165, 1.54) is 23.6 Å². The fraction of sp³-hybridized carbons (Fsp3) is 0.0455. The van der Waals surface area contributed by atoms with Crippen molar-refractivity contribution in [2.75, 3.05) is 0 Å². The molecule has 2 heterocycles. The Morgan fingerprint density at radius 1 is 1.10 bits per heavy atom. The van der Waals surface area contributed by atoms with Crippen molar-refractivity contribution in [1.29, 1.82) is 0 Å². The average Bonchev–Trinajstić information content (AvgIpc) is 3.23. The number of carbonyl (C=O) groups excluding carboxylic acids is 2. The van der Waals surface area contributed by atoms with Gasteiger partial charge in [-0.15, -0.1) is 0 Å². The number of aromatic nitrogens is 1. The Bertz CT molecular complexity index is 1250. The molecule has 144 valence electrons. The molecule has 0 saturated heterocycles. The molecule has 0 atom stereocenters. The van der Waals surface area contributed by atoms with E-state index >= 15 is 0 Å². The first kappa shape index (κ1) is 19.2. The Balaban J connectivity index is 1.69. The summed E-state index contributed by atoms with van der Waals surface area (Å²) in [6.45, 7) is 1.47. The lowest BCUT2D eigenvalue weighted by molar-refractivity contribution is -0.129. The van der Waals surface area contributed by atoms with E-state index in [1.807, 2.05) is 30.3 Å². The van der Waals surface area contributed by atoms with Gasteiger partial charge in [0.05, 0.1) is 21.3 Å². The van der Waals surface area contributed by atoms with E-state index in [2.05, 4.69) is 4.99 Å². The second-order valence-electron chi connectivity index (χ2n) is 6.33. The van der Waals surface area contributed by atoms with Crippen molar-refractivity contribution in [3.63, 3.8) is 0 Å². The normalized spacial score (nSPS) is 15.3. The SMILES string of the molecule is CC(=O)n1c(/C=C2N=C(/C=C/c3cccc(Cl)c3Cl)OC/2=O)cc2ccccc21. The Morgan fingerprint density at radius 2 is 1.90 bits per heavy atom. The van der Waals surface area contributed by atoms with E-state index in [1.54, 1.807) is 24.3 Å². The fourth-order valence-corrected chi connectivity index (χ4v) is 3.45. The maximum absolute atomic E-state index is 12.2. The number of benzene rings is 2. The van der Waals surface area contributed by atoms with Crippen molar-refractivity contribution in [3.05, 3.63) is 81.6 Å². The number of fused-ring (bicyclic) bond motifs is 1. The molecule has 0 spiro atoms. The highest BCUT2D eigenvalue weighted by molar-refractivity contribution is 6.42. The number of ether oxygens (including phenoxy) is 1. The van der Waals surface area contributed by atoms with Gasteiger partial charge in [0.25, 0.3) is 0 Å². The van der Waals surface area contributed by atoms with Gasteiger partial charge in [0.1, 0.15) is 0 Å². The number of hydrogen-bond donors (Lipinski definition) is 0. The molecule has 1 aliphatic rings. The van der Waals surface area contributed by atoms with Crippen molar-refractivity contribution in [3.8, 4) is 0 Å². The number of cyclic esters (lactones) is 1. The maximum atomic E-state index is 12.2. The third kappa shape index (κ3) is 3.75. The predicted octanol–water partition coefficient (Wildman–Crippen LogP) is 5.62. The highest BCUT2D eigenvalue weighted by Gasteiger charge is 2.22. The minimum absolute atomic E-state index is 0.104. The number of carbonyl (C=O) groups is 2. The molecule has 7 heteroatoms. The molecule has 5 nitrogen and oxygen atoms in total. The van der Waals surface area contributed by atoms with Gasteiger partial charge < -0.3 is 4.74 Å². The third-order valence-corrected chi connectivity index (χ3v) is 5.20. The van der Waals surface area contributed by atoms with Crippen LogP contribution in [-0.2, 0) is 9.53 Å². The van der Waals surface area contributed by atoms with Crippen LogP contribution in [0.25, 0.3) is 23.1 Å². The Kier molecular flexibility index (Phi) is 5.09. The van der Waals surface area contributed by atoms with Gasteiger partial charge in [-0.3, -0.25) is 9.36 Å². The van der Waals surface area contributed by atoms with Gasteiger partial charge in [-0.1, -0.05) is 53.5 Å². The zero-order valence-corrected chi connectivity index (χ0v) is 16.7. The first-order valence-corrected chi connectivity index (χ1v) is 9.46. The summed E-state index contributed by atoms with van der Waals surface area (Å²) >= 11 is 12.2. The molecule has 1 aliphatic heterocycles. The summed E-state index contributed by atoms with van der Waals surface area (Å²) in [5.41, 5.74) is 2.09. The molecule has 4 rings (SSSR count). The number of para-hydroxylation sites is 1. The van der Waals surface area contributed by atoms with Gasteiger partial charge in [0.15, 0.2) is 5.70 Å². The fourth-order valence-electron chi connectivity index (χ4n) is 3.08. The van der Waals surface area contributed by atoms with Crippen molar-refractivity contribution >= 4 is 64.0 Å². The van der Waals surface area contributed by atoms with E-state index in [0.717, 1.165) is 10.9 Å². The molecule has 0 bridgehead atoms. The topological polar surface area (TPSA) is 60.7 Å². The number of nitrogens with zero attached hydrogens (tertiary/aromatic N) is 2. The molecule has 1 aromatic heterocycles. The minimum atomic E-state index is -0.595. The van der Waals surface area contributed by atoms with E-state index in [9.17, 15) is 9.59 Å². The summed E-state index contributed by atoms with van der Waals surface area (Å²) in [6, 6.07) is 14.5. The molecule has 2 aromatic carbocycles. The molecular formula is C22H14Cl2N2O3. The minimum Gasteiger partial charge on any atom is -0.403 e. The van der Waals surface area contributed by atoms with E-state index in [4.69, 9.17) is 27.9 Å². The van der Waals surface area contributed by atoms with E-state index in [-0.39, 0.29) is 17.5 Å². The van der Waals surface area contributed by atoms with Crippen LogP contribution in [0.1, 0.15) is 23.0 Å². The molecular weight excluding hydrogens is 411 g/mol. The molecule has 29 heavy (non-hydrogen) atoms. The Morgan fingerprint density at radius 3 is 2.69 bits per heavy atom. The first-order chi connectivity index (χ1) is 13.9. The zero-order chi connectivity index (χ0) is 20.5. The maximum Gasteiger partial charge on any atom is 0.363 e. The summed E-state index contributed by atoms with van der Waals surface area (Å²) in [7, 11) is 0. The van der Waals surface area contributed by atoms with Crippen LogP contribution < -0.4 is 0 Å². The largest absolute Gasteiger partial charge is 0.403 e. The summed E-state index contributed by atoms with van der Waals surface area (Å²) in [5.74, 6) is -0.630. The van der Waals surface area contributed by atoms with Crippen LogP contribution in [0.15, 0.2) is 65.3 Å². The molecule has 0 amide bonds. The van der Waals surface area contributed by atoms with Crippen LogP contribution in [0.4, 0.5) is 0 Å². The second kappa shape index (κ2) is 7.70. The standard InChI is InChI=1S/C22H14Cl2N2O3/c1-13(27)26-16(11-15-5-2-3-8-19(15)26)12-18-22(28)29-20(25-18)10-9-14-6-4-7-17(23)21(14)24/h2-12H,1H3/b10-9+,18-12+. The van der Waals surface area contributed by atoms with Crippen molar-refractivity contribution in [2.45, 2.75) is 6.92 Å². The van der Waals surface area contributed by atoms with Crippen LogP contribution in [-0.4, -0.2) is 22.3 Å². The number of aliphatic imine (C=N–C) groups is 1. The molecule has 0 fully saturated rings. The average molecular weight is 425 g/mol. The molecule has 0 radical (unpaired) electrons. The van der Waals surface area contributed by atoms with Crippen LogP contribution in [0.2, 0.25) is 10.0 Å². The van der Waals surface area contributed by atoms with E-state index in [0.29, 0.717) is 21.3 Å². The van der Waals surface area contributed by atoms with Crippen molar-refractivity contribution < 1.29 is 14.3 Å². The molecule has 0 unspecified atom stereocenters. The highest BCUT2D eigenvalue weighted by Crippen LogP contribution is 2.27. The molecule has 0 N–H and O–H groups in total. The summed E-state index contributed by atoms with van der Waals surface area (Å²) in [5, 5.41) is 1.72. The first-order valence-electron chi connectivity index (χ1n) is 8.70. The molecule has 0 aliphatic carbocycles. The lowest BCUT2D eigenvalue weighted by atomic mass is 10.2. The lowest BCUT2D eigenvalue weighted by Crippen LogP contribution is -2.07. The number of halogens is 2. The summed E-state index contributed by atoms with van der Waals surface area (Å²) in [6.07, 6.45) is 4.74. The van der Waals surface area contributed by atoms with Crippen LogP contribution in [0.3, 0.4) is 0 Å². The quantitative estimate of drug-likeness (QED) is 0.404. The third-order valence-electron chi connectivity index (χ3n) is 4.36. The van der Waals surface area contributed by atoms with Gasteiger partial charge in [-0.25, -0.2) is 9.79 Å². The van der Waals surface area contributed by atoms with Gasteiger partial charge >= 0.3 is 5.97 Å².